The molecular formula is C30H28N4O4S2. The monoisotopic (exact) mass is 572 g/mol. The van der Waals surface area contributed by atoms with Crippen LogP contribution in [0.2, 0.25) is 0 Å². The summed E-state index contributed by atoms with van der Waals surface area (Å²) in [5.74, 6) is -0.0737. The zero-order valence-corrected chi connectivity index (χ0v) is 23.6. The quantitative estimate of drug-likeness (QED) is 0.150. The predicted octanol–water partition coefficient (Wildman–Crippen LogP) is 5.99. The van der Waals surface area contributed by atoms with Crippen LogP contribution in [0.1, 0.15) is 28.5 Å². The summed E-state index contributed by atoms with van der Waals surface area (Å²) < 4.78 is 5.49. The Morgan fingerprint density at radius 1 is 0.950 bits per heavy atom. The van der Waals surface area contributed by atoms with E-state index in [1.54, 1.807) is 54.6 Å². The van der Waals surface area contributed by atoms with Crippen molar-refractivity contribution in [2.45, 2.75) is 18.7 Å². The molecule has 40 heavy (non-hydrogen) atoms. The molecule has 0 unspecified atom stereocenters. The van der Waals surface area contributed by atoms with Crippen molar-refractivity contribution in [1.82, 2.24) is 10.3 Å². The maximum Gasteiger partial charge on any atom is 0.272 e. The summed E-state index contributed by atoms with van der Waals surface area (Å²) in [6.07, 6.45) is 1.61. The Morgan fingerprint density at radius 2 is 1.68 bits per heavy atom. The van der Waals surface area contributed by atoms with Gasteiger partial charge in [0.2, 0.25) is 5.91 Å². The van der Waals surface area contributed by atoms with Gasteiger partial charge >= 0.3 is 0 Å². The summed E-state index contributed by atoms with van der Waals surface area (Å²) in [7, 11) is 0. The Bertz CT molecular complexity index is 1480. The number of carbonyl (C=O) groups excluding carboxylic acids is 3. The molecule has 0 aliphatic carbocycles. The number of hydrogen-bond donors (Lipinski definition) is 3. The summed E-state index contributed by atoms with van der Waals surface area (Å²) in [6, 6.07) is 23.0. The number of ether oxygens (including phenoxy) is 1. The number of anilines is 2. The molecule has 3 amide bonds. The van der Waals surface area contributed by atoms with E-state index in [-0.39, 0.29) is 17.4 Å². The number of thiazole rings is 1. The number of amides is 3. The second-order valence-corrected chi connectivity index (χ2v) is 10.4. The fourth-order valence-electron chi connectivity index (χ4n) is 3.48. The Labute approximate surface area is 240 Å². The van der Waals surface area contributed by atoms with Gasteiger partial charge in [-0.2, -0.15) is 0 Å². The summed E-state index contributed by atoms with van der Waals surface area (Å²) in [6.45, 7) is 4.33. The summed E-state index contributed by atoms with van der Waals surface area (Å²) in [4.78, 5) is 43.4. The molecule has 0 atom stereocenters. The molecule has 0 aliphatic heterocycles. The van der Waals surface area contributed by atoms with Crippen molar-refractivity contribution in [2.75, 3.05) is 23.0 Å². The first-order valence-electron chi connectivity index (χ1n) is 12.5. The molecule has 4 aromatic rings. The number of aryl methyl sites for hydroxylation is 1. The van der Waals surface area contributed by atoms with Gasteiger partial charge in [-0.05, 0) is 74.0 Å². The van der Waals surface area contributed by atoms with Crippen LogP contribution in [-0.2, 0) is 9.59 Å². The summed E-state index contributed by atoms with van der Waals surface area (Å²) in [5, 5.41) is 10.8. The Balaban J connectivity index is 1.42. The van der Waals surface area contributed by atoms with Crippen LogP contribution in [0.15, 0.2) is 94.8 Å². The molecule has 3 N–H and O–H groups in total. The average molecular weight is 573 g/mol. The van der Waals surface area contributed by atoms with Gasteiger partial charge in [0.05, 0.1) is 18.1 Å². The third kappa shape index (κ3) is 8.55. The van der Waals surface area contributed by atoms with Gasteiger partial charge in [0.1, 0.15) is 11.4 Å². The smallest absolute Gasteiger partial charge is 0.272 e. The second-order valence-electron chi connectivity index (χ2n) is 8.49. The fourth-order valence-corrected chi connectivity index (χ4v) is 4.89. The summed E-state index contributed by atoms with van der Waals surface area (Å²) in [5.41, 5.74) is 2.65. The number of nitrogens with one attached hydrogen (secondary N) is 3. The van der Waals surface area contributed by atoms with Gasteiger partial charge in [-0.25, -0.2) is 4.98 Å². The van der Waals surface area contributed by atoms with Gasteiger partial charge < -0.3 is 20.7 Å². The highest BCUT2D eigenvalue weighted by molar-refractivity contribution is 8.00. The first kappa shape index (κ1) is 28.6. The molecule has 3 aromatic carbocycles. The lowest BCUT2D eigenvalue weighted by atomic mass is 10.1. The Kier molecular flexibility index (Phi) is 10.1. The van der Waals surface area contributed by atoms with E-state index >= 15 is 0 Å². The van der Waals surface area contributed by atoms with Crippen molar-refractivity contribution in [3.8, 4) is 5.75 Å². The van der Waals surface area contributed by atoms with Crippen LogP contribution >= 0.6 is 23.1 Å². The van der Waals surface area contributed by atoms with Crippen molar-refractivity contribution >= 4 is 57.7 Å². The highest BCUT2D eigenvalue weighted by Crippen LogP contribution is 2.22. The van der Waals surface area contributed by atoms with Crippen LogP contribution in [-0.4, -0.2) is 35.1 Å². The van der Waals surface area contributed by atoms with Gasteiger partial charge in [0, 0.05) is 21.5 Å². The lowest BCUT2D eigenvalue weighted by molar-refractivity contribution is -0.114. The Morgan fingerprint density at radius 3 is 2.33 bits per heavy atom. The predicted molar refractivity (Wildman–Crippen MR) is 161 cm³/mol. The van der Waals surface area contributed by atoms with Crippen LogP contribution < -0.4 is 20.7 Å². The lowest BCUT2D eigenvalue weighted by Crippen LogP contribution is -2.30. The average Bonchev–Trinajstić information content (AvgIpc) is 3.38. The SMILES string of the molecule is CCOc1ccc(/C=C(\NC(=O)c2ccccc2)C(=O)Nc2ccc(SCC(=O)Nc3nc(C)cs3)cc2)cc1. The number of aromatic nitrogens is 1. The van der Waals surface area contributed by atoms with E-state index in [0.717, 1.165) is 16.2 Å². The third-order valence-corrected chi connectivity index (χ3v) is 7.27. The van der Waals surface area contributed by atoms with Crippen LogP contribution in [0.25, 0.3) is 6.08 Å². The van der Waals surface area contributed by atoms with Gasteiger partial charge in [-0.3, -0.25) is 14.4 Å². The number of hydrogen-bond acceptors (Lipinski definition) is 7. The molecule has 0 fully saturated rings. The third-order valence-electron chi connectivity index (χ3n) is 5.38. The van der Waals surface area contributed by atoms with E-state index in [4.69, 9.17) is 4.74 Å². The molecule has 0 saturated heterocycles. The molecule has 8 nitrogen and oxygen atoms in total. The van der Waals surface area contributed by atoms with Crippen molar-refractivity contribution < 1.29 is 19.1 Å². The molecular weight excluding hydrogens is 544 g/mol. The van der Waals surface area contributed by atoms with Gasteiger partial charge in [-0.15, -0.1) is 23.1 Å². The highest BCUT2D eigenvalue weighted by Gasteiger charge is 2.15. The van der Waals surface area contributed by atoms with Crippen molar-refractivity contribution in [3.63, 3.8) is 0 Å². The molecule has 204 valence electrons. The van der Waals surface area contributed by atoms with Crippen molar-refractivity contribution in [2.24, 2.45) is 0 Å². The molecule has 0 bridgehead atoms. The van der Waals surface area contributed by atoms with Crippen molar-refractivity contribution in [1.29, 1.82) is 0 Å². The minimum absolute atomic E-state index is 0.0885. The number of carbonyl (C=O) groups is 3. The van der Waals surface area contributed by atoms with Crippen LogP contribution in [0.5, 0.6) is 5.75 Å². The lowest BCUT2D eigenvalue weighted by Gasteiger charge is -2.12. The van der Waals surface area contributed by atoms with Crippen LogP contribution in [0.3, 0.4) is 0 Å². The topological polar surface area (TPSA) is 109 Å². The number of nitrogens with zero attached hydrogens (tertiary/aromatic N) is 1. The minimum atomic E-state index is -0.475. The molecule has 4 rings (SSSR count). The number of thioether (sulfide) groups is 1. The maximum atomic E-state index is 13.2. The number of rotatable bonds is 11. The normalized spacial score (nSPS) is 11.0. The largest absolute Gasteiger partial charge is 0.494 e. The maximum absolute atomic E-state index is 13.2. The van der Waals surface area contributed by atoms with Crippen LogP contribution in [0, 0.1) is 6.92 Å². The standard InChI is InChI=1S/C30H28N4O4S2/c1-3-38-24-13-9-21(10-14-24)17-26(33-28(36)22-7-5-4-6-8-22)29(37)32-23-11-15-25(16-12-23)39-19-27(35)34-30-31-20(2)18-40-30/h4-18H,3,19H2,1-2H3,(H,32,37)(H,33,36)(H,31,34,35)/b26-17-. The first-order valence-corrected chi connectivity index (χ1v) is 14.3. The van der Waals surface area contributed by atoms with E-state index in [0.29, 0.717) is 28.7 Å². The zero-order valence-electron chi connectivity index (χ0n) is 22.0. The minimum Gasteiger partial charge on any atom is -0.494 e. The molecule has 0 saturated carbocycles. The Hall–Kier alpha value is -4.41. The molecule has 0 spiro atoms. The molecule has 0 aliphatic rings. The van der Waals surface area contributed by atoms with Gasteiger partial charge in [-0.1, -0.05) is 30.3 Å². The van der Waals surface area contributed by atoms with Crippen molar-refractivity contribution in [3.05, 3.63) is 107 Å². The summed E-state index contributed by atoms with van der Waals surface area (Å²) >= 11 is 2.76. The van der Waals surface area contributed by atoms with E-state index in [9.17, 15) is 14.4 Å². The zero-order chi connectivity index (χ0) is 28.3. The van der Waals surface area contributed by atoms with E-state index in [1.807, 2.05) is 49.6 Å². The fraction of sp³-hybridized carbons (Fsp3) is 0.133. The molecule has 0 radical (unpaired) electrons. The molecule has 1 heterocycles. The number of benzene rings is 3. The van der Waals surface area contributed by atoms with E-state index in [1.165, 1.54) is 23.1 Å². The van der Waals surface area contributed by atoms with Crippen LogP contribution in [0.4, 0.5) is 10.8 Å². The van der Waals surface area contributed by atoms with Gasteiger partial charge in [0.15, 0.2) is 5.13 Å². The van der Waals surface area contributed by atoms with Gasteiger partial charge in [0.25, 0.3) is 11.8 Å². The van der Waals surface area contributed by atoms with E-state index < -0.39 is 11.8 Å². The second kappa shape index (κ2) is 14.1. The van der Waals surface area contributed by atoms with E-state index in [2.05, 4.69) is 20.9 Å². The molecule has 1 aromatic heterocycles. The highest BCUT2D eigenvalue weighted by atomic mass is 32.2. The first-order chi connectivity index (χ1) is 19.4. The molecule has 10 heteroatoms.